The predicted octanol–water partition coefficient (Wildman–Crippen LogP) is 6.21. The molecule has 9 heteroatoms. The van der Waals surface area contributed by atoms with E-state index in [9.17, 15) is 19.5 Å². The van der Waals surface area contributed by atoms with Crippen LogP contribution in [0.25, 0.3) is 0 Å². The fourth-order valence-corrected chi connectivity index (χ4v) is 4.19. The number of rotatable bonds is 30. The van der Waals surface area contributed by atoms with Gasteiger partial charge in [-0.2, -0.15) is 0 Å². The standard InChI is InChI=1S/C36H63NO8/c1-6-8-10-12-13-14-15-16-17-18-19-20-21-23-25-27-34(39)45-32(30-43-33(38)26-24-22-11-9-7-2)31-44-36(35(40)41)42-29-28-37(3,4)5/h8,10,13-14,16-17,32,36H,6-7,9,11-12,15,18-31H2,1-5H3/b10-8-,14-13-,17-16-. The van der Waals surface area contributed by atoms with Crippen molar-refractivity contribution in [3.05, 3.63) is 36.5 Å². The van der Waals surface area contributed by atoms with E-state index in [1.165, 1.54) is 0 Å². The van der Waals surface area contributed by atoms with Gasteiger partial charge < -0.3 is 33.3 Å². The van der Waals surface area contributed by atoms with Crippen LogP contribution in [0.2, 0.25) is 0 Å². The Kier molecular flexibility index (Phi) is 27.3. The summed E-state index contributed by atoms with van der Waals surface area (Å²) in [4.78, 5) is 36.3. The number of hydrogen-bond donors (Lipinski definition) is 0. The van der Waals surface area contributed by atoms with Crippen LogP contribution in [0.15, 0.2) is 36.5 Å². The number of nitrogens with zero attached hydrogens (tertiary/aromatic N) is 1. The molecule has 0 bridgehead atoms. The summed E-state index contributed by atoms with van der Waals surface area (Å²) in [6.07, 6.45) is 25.1. The largest absolute Gasteiger partial charge is 0.545 e. The zero-order valence-electron chi connectivity index (χ0n) is 29.0. The molecule has 0 aromatic rings. The number of hydrogen-bond acceptors (Lipinski definition) is 8. The van der Waals surface area contributed by atoms with Crippen LogP contribution in [0.4, 0.5) is 0 Å². The van der Waals surface area contributed by atoms with Crippen molar-refractivity contribution in [2.24, 2.45) is 0 Å². The third-order valence-corrected chi connectivity index (χ3v) is 6.90. The molecule has 0 saturated heterocycles. The van der Waals surface area contributed by atoms with Crippen LogP contribution in [0, 0.1) is 0 Å². The zero-order valence-corrected chi connectivity index (χ0v) is 29.0. The van der Waals surface area contributed by atoms with Gasteiger partial charge in [0.25, 0.3) is 0 Å². The van der Waals surface area contributed by atoms with E-state index in [0.29, 0.717) is 17.4 Å². The average molecular weight is 638 g/mol. The Morgan fingerprint density at radius 1 is 0.689 bits per heavy atom. The Hall–Kier alpha value is -2.49. The maximum atomic E-state index is 12.6. The van der Waals surface area contributed by atoms with Crippen LogP contribution in [-0.2, 0) is 33.3 Å². The van der Waals surface area contributed by atoms with Gasteiger partial charge in [0.1, 0.15) is 13.2 Å². The summed E-state index contributed by atoms with van der Waals surface area (Å²) in [5.74, 6) is -2.33. The van der Waals surface area contributed by atoms with E-state index in [2.05, 4.69) is 50.3 Å². The Morgan fingerprint density at radius 3 is 1.89 bits per heavy atom. The minimum atomic E-state index is -1.62. The molecule has 0 aromatic heterocycles. The molecule has 0 aliphatic heterocycles. The maximum absolute atomic E-state index is 12.6. The van der Waals surface area contributed by atoms with Gasteiger partial charge in [0.05, 0.1) is 40.3 Å². The topological polar surface area (TPSA) is 111 Å². The van der Waals surface area contributed by atoms with Crippen molar-refractivity contribution >= 4 is 17.9 Å². The number of quaternary nitrogens is 1. The summed E-state index contributed by atoms with van der Waals surface area (Å²) in [7, 11) is 5.87. The van der Waals surface area contributed by atoms with Gasteiger partial charge in [0, 0.05) is 12.8 Å². The van der Waals surface area contributed by atoms with Gasteiger partial charge in [-0.05, 0) is 44.9 Å². The van der Waals surface area contributed by atoms with E-state index in [1.54, 1.807) is 0 Å². The highest BCUT2D eigenvalue weighted by Crippen LogP contribution is 2.11. The van der Waals surface area contributed by atoms with Crippen LogP contribution in [0.5, 0.6) is 0 Å². The molecule has 9 nitrogen and oxygen atoms in total. The summed E-state index contributed by atoms with van der Waals surface area (Å²) in [5, 5.41) is 11.5. The highest BCUT2D eigenvalue weighted by atomic mass is 16.7. The quantitative estimate of drug-likeness (QED) is 0.0301. The van der Waals surface area contributed by atoms with Gasteiger partial charge in [-0.25, -0.2) is 0 Å². The van der Waals surface area contributed by atoms with Crippen LogP contribution in [0.3, 0.4) is 0 Å². The van der Waals surface area contributed by atoms with Gasteiger partial charge in [0.15, 0.2) is 12.4 Å². The molecule has 0 fully saturated rings. The third kappa shape index (κ3) is 30.0. The van der Waals surface area contributed by atoms with Crippen LogP contribution in [0.1, 0.15) is 117 Å². The average Bonchev–Trinajstić information content (AvgIpc) is 2.98. The fraction of sp³-hybridized carbons (Fsp3) is 0.750. The van der Waals surface area contributed by atoms with Gasteiger partial charge in [-0.1, -0.05) is 95.2 Å². The first-order chi connectivity index (χ1) is 21.6. The van der Waals surface area contributed by atoms with Crippen molar-refractivity contribution in [1.29, 1.82) is 0 Å². The molecule has 0 saturated carbocycles. The number of unbranched alkanes of at least 4 members (excludes halogenated alkanes) is 9. The molecule has 0 radical (unpaired) electrons. The maximum Gasteiger partial charge on any atom is 0.306 e. The van der Waals surface area contributed by atoms with Gasteiger partial charge in [0.2, 0.25) is 0 Å². The lowest BCUT2D eigenvalue weighted by Gasteiger charge is -2.26. The molecule has 0 amide bonds. The number of aliphatic carboxylic acids is 1. The lowest BCUT2D eigenvalue weighted by molar-refractivity contribution is -0.870. The second-order valence-electron chi connectivity index (χ2n) is 12.4. The summed E-state index contributed by atoms with van der Waals surface area (Å²) in [5.41, 5.74) is 0. The first-order valence-corrected chi connectivity index (χ1v) is 17.1. The summed E-state index contributed by atoms with van der Waals surface area (Å²) >= 11 is 0. The second-order valence-corrected chi connectivity index (χ2v) is 12.4. The Balaban J connectivity index is 4.54. The molecule has 2 atom stereocenters. The van der Waals surface area contributed by atoms with E-state index < -0.39 is 24.3 Å². The molecule has 260 valence electrons. The number of carboxylic acid groups (broad SMARTS) is 1. The Bertz CT molecular complexity index is 846. The number of likely N-dealkylation sites (N-methyl/N-ethyl adjacent to an activating group) is 1. The van der Waals surface area contributed by atoms with Crippen molar-refractivity contribution in [3.8, 4) is 0 Å². The predicted molar refractivity (Wildman–Crippen MR) is 177 cm³/mol. The molecule has 45 heavy (non-hydrogen) atoms. The smallest absolute Gasteiger partial charge is 0.306 e. The van der Waals surface area contributed by atoms with Crippen LogP contribution < -0.4 is 5.11 Å². The summed E-state index contributed by atoms with van der Waals surface area (Å²) in [6, 6.07) is 0. The molecule has 0 spiro atoms. The van der Waals surface area contributed by atoms with Crippen LogP contribution in [-0.4, -0.2) is 82.3 Å². The lowest BCUT2D eigenvalue weighted by atomic mass is 10.1. The minimum Gasteiger partial charge on any atom is -0.545 e. The van der Waals surface area contributed by atoms with Crippen molar-refractivity contribution < 1.29 is 42.9 Å². The SMILES string of the molecule is CC/C=C\C/C=C\C/C=C\CCCCCCCC(=O)OC(COC(=O)CCCCCCC)COC(OCC[N+](C)(C)C)C(=O)[O-]. The molecular formula is C36H63NO8. The van der Waals surface area contributed by atoms with E-state index >= 15 is 0 Å². The van der Waals surface area contributed by atoms with Gasteiger partial charge in [-0.3, -0.25) is 9.59 Å². The van der Waals surface area contributed by atoms with Gasteiger partial charge >= 0.3 is 11.9 Å². The number of esters is 2. The van der Waals surface area contributed by atoms with Crippen molar-refractivity contribution in [1.82, 2.24) is 0 Å². The lowest BCUT2D eigenvalue weighted by Crippen LogP contribution is -2.44. The second kappa shape index (κ2) is 28.9. The molecule has 0 aromatic carbocycles. The first kappa shape index (κ1) is 42.5. The molecule has 0 N–H and O–H groups in total. The van der Waals surface area contributed by atoms with Crippen molar-refractivity contribution in [2.45, 2.75) is 129 Å². The molecular weight excluding hydrogens is 574 g/mol. The fourth-order valence-electron chi connectivity index (χ4n) is 4.19. The Morgan fingerprint density at radius 2 is 1.27 bits per heavy atom. The normalized spacial score (nSPS) is 13.5. The monoisotopic (exact) mass is 637 g/mol. The highest BCUT2D eigenvalue weighted by Gasteiger charge is 2.21. The minimum absolute atomic E-state index is 0.143. The van der Waals surface area contributed by atoms with E-state index in [4.69, 9.17) is 18.9 Å². The van der Waals surface area contributed by atoms with Crippen molar-refractivity contribution in [2.75, 3.05) is 47.5 Å². The number of carbonyl (C=O) groups excluding carboxylic acids is 3. The Labute approximate surface area is 273 Å². The van der Waals surface area contributed by atoms with Crippen molar-refractivity contribution in [3.63, 3.8) is 0 Å². The first-order valence-electron chi connectivity index (χ1n) is 17.1. The molecule has 2 unspecified atom stereocenters. The number of allylic oxidation sites excluding steroid dienone is 6. The molecule has 0 aliphatic rings. The summed E-state index contributed by atoms with van der Waals surface area (Å²) < 4.78 is 22.2. The number of carboxylic acids is 1. The van der Waals surface area contributed by atoms with Crippen LogP contribution >= 0.6 is 0 Å². The number of ether oxygens (including phenoxy) is 4. The zero-order chi connectivity index (χ0) is 33.6. The molecule has 0 heterocycles. The third-order valence-electron chi connectivity index (χ3n) is 6.90. The van der Waals surface area contributed by atoms with E-state index in [1.807, 2.05) is 21.1 Å². The highest BCUT2D eigenvalue weighted by molar-refractivity contribution is 5.70. The molecule has 0 rings (SSSR count). The molecule has 0 aliphatic carbocycles. The van der Waals surface area contributed by atoms with E-state index in [-0.39, 0.29) is 38.6 Å². The van der Waals surface area contributed by atoms with Gasteiger partial charge in [-0.15, -0.1) is 0 Å². The number of carbonyl (C=O) groups is 3. The summed E-state index contributed by atoms with van der Waals surface area (Å²) in [6.45, 7) is 4.47. The van der Waals surface area contributed by atoms with E-state index in [0.717, 1.165) is 83.5 Å².